The van der Waals surface area contributed by atoms with Gasteiger partial charge in [0.1, 0.15) is 5.76 Å². The van der Waals surface area contributed by atoms with Crippen LogP contribution in [0.5, 0.6) is 0 Å². The number of furan rings is 1. The molecule has 1 aliphatic heterocycles. The van der Waals surface area contributed by atoms with Crippen molar-refractivity contribution in [3.63, 3.8) is 0 Å². The van der Waals surface area contributed by atoms with Gasteiger partial charge in [0.25, 0.3) is 5.91 Å². The molecule has 6 heteroatoms. The molecule has 2 aliphatic rings. The Labute approximate surface area is 178 Å². The summed E-state index contributed by atoms with van der Waals surface area (Å²) in [6.45, 7) is 3.30. The molecule has 1 unspecified atom stereocenters. The third-order valence-corrected chi connectivity index (χ3v) is 7.23. The Hall–Kier alpha value is -2.73. The van der Waals surface area contributed by atoms with Crippen LogP contribution in [0.4, 0.5) is 0 Å². The maximum Gasteiger partial charge on any atom is 0.254 e. The van der Waals surface area contributed by atoms with Gasteiger partial charge in [-0.05, 0) is 54.2 Å². The first-order valence-electron chi connectivity index (χ1n) is 10.4. The van der Waals surface area contributed by atoms with Crippen LogP contribution in [0.3, 0.4) is 0 Å². The van der Waals surface area contributed by atoms with Crippen LogP contribution in [0.1, 0.15) is 40.7 Å². The summed E-state index contributed by atoms with van der Waals surface area (Å²) in [5.41, 5.74) is 4.65. The van der Waals surface area contributed by atoms with Crippen molar-refractivity contribution >= 4 is 39.3 Å². The Morgan fingerprint density at radius 3 is 2.73 bits per heavy atom. The lowest BCUT2D eigenvalue weighted by Crippen LogP contribution is -2.42. The lowest BCUT2D eigenvalue weighted by atomic mass is 9.80. The summed E-state index contributed by atoms with van der Waals surface area (Å²) in [6, 6.07) is 11.7. The predicted octanol–water partition coefficient (Wildman–Crippen LogP) is 4.16. The molecule has 30 heavy (non-hydrogen) atoms. The van der Waals surface area contributed by atoms with E-state index < -0.39 is 10.8 Å². The van der Waals surface area contributed by atoms with Gasteiger partial charge in [-0.2, -0.15) is 0 Å². The highest BCUT2D eigenvalue weighted by Crippen LogP contribution is 2.39. The number of aromatic nitrogens is 1. The van der Waals surface area contributed by atoms with E-state index in [4.69, 9.17) is 9.40 Å². The fraction of sp³-hybridized carbons (Fsp3) is 0.333. The molecule has 0 N–H and O–H groups in total. The first-order chi connectivity index (χ1) is 14.6. The average molecular weight is 421 g/mol. The Balaban J connectivity index is 1.69. The number of carbonyl (C=O) groups is 1. The Morgan fingerprint density at radius 2 is 1.97 bits per heavy atom. The van der Waals surface area contributed by atoms with Gasteiger partial charge in [-0.15, -0.1) is 0 Å². The number of hydrogen-bond acceptors (Lipinski definition) is 4. The van der Waals surface area contributed by atoms with Gasteiger partial charge < -0.3 is 9.32 Å². The molecular formula is C24H24N2O3S. The highest BCUT2D eigenvalue weighted by molar-refractivity contribution is 7.85. The number of amides is 1. The Bertz CT molecular complexity index is 1160. The van der Waals surface area contributed by atoms with Crippen molar-refractivity contribution in [1.82, 2.24) is 9.88 Å². The molecule has 0 radical (unpaired) electrons. The van der Waals surface area contributed by atoms with Crippen LogP contribution in [0.15, 0.2) is 47.1 Å². The largest absolute Gasteiger partial charge is 0.465 e. The molecule has 1 aliphatic carbocycles. The zero-order valence-corrected chi connectivity index (χ0v) is 17.8. The molecule has 5 rings (SSSR count). The summed E-state index contributed by atoms with van der Waals surface area (Å²) in [7, 11) is -0.819. The lowest BCUT2D eigenvalue weighted by Gasteiger charge is -2.31. The predicted molar refractivity (Wildman–Crippen MR) is 120 cm³/mol. The number of carbonyl (C=O) groups excluding carboxylic acids is 1. The SMILES string of the molecule is CC1C/C(=C/c2ccco2)c2nc3ccccc3c(C(=O)N3CCS(=O)CC3)c2C1. The van der Waals surface area contributed by atoms with Gasteiger partial charge in [-0.1, -0.05) is 25.1 Å². The topological polar surface area (TPSA) is 63.4 Å². The molecule has 154 valence electrons. The number of benzene rings is 1. The summed E-state index contributed by atoms with van der Waals surface area (Å²) in [5.74, 6) is 2.34. The van der Waals surface area contributed by atoms with Crippen molar-refractivity contribution in [2.24, 2.45) is 5.92 Å². The fourth-order valence-corrected chi connectivity index (χ4v) is 5.58. The number of rotatable bonds is 2. The minimum Gasteiger partial charge on any atom is -0.465 e. The second-order valence-electron chi connectivity index (χ2n) is 8.17. The van der Waals surface area contributed by atoms with Gasteiger partial charge in [-0.3, -0.25) is 9.00 Å². The van der Waals surface area contributed by atoms with E-state index in [2.05, 4.69) is 13.0 Å². The van der Waals surface area contributed by atoms with Crippen LogP contribution in [0.2, 0.25) is 0 Å². The molecule has 3 heterocycles. The van der Waals surface area contributed by atoms with Crippen LogP contribution < -0.4 is 0 Å². The van der Waals surface area contributed by atoms with Crippen molar-refractivity contribution in [2.45, 2.75) is 19.8 Å². The molecule has 2 aromatic heterocycles. The van der Waals surface area contributed by atoms with E-state index in [9.17, 15) is 9.00 Å². The molecule has 1 aromatic carbocycles. The number of nitrogens with zero attached hydrogens (tertiary/aromatic N) is 2. The van der Waals surface area contributed by atoms with E-state index in [1.165, 1.54) is 0 Å². The minimum absolute atomic E-state index is 0.0352. The fourth-order valence-electron chi connectivity index (χ4n) is 4.52. The molecule has 5 nitrogen and oxygen atoms in total. The molecule has 0 bridgehead atoms. The molecule has 0 spiro atoms. The maximum absolute atomic E-state index is 13.7. The van der Waals surface area contributed by atoms with Crippen LogP contribution in [0.25, 0.3) is 22.6 Å². The van der Waals surface area contributed by atoms with Crippen molar-refractivity contribution < 1.29 is 13.4 Å². The first kappa shape index (κ1) is 19.2. The summed E-state index contributed by atoms with van der Waals surface area (Å²) in [5, 5.41) is 0.902. The van der Waals surface area contributed by atoms with Crippen molar-refractivity contribution in [2.75, 3.05) is 24.6 Å². The van der Waals surface area contributed by atoms with Crippen molar-refractivity contribution in [1.29, 1.82) is 0 Å². The summed E-state index contributed by atoms with van der Waals surface area (Å²) < 4.78 is 17.3. The highest BCUT2D eigenvalue weighted by Gasteiger charge is 2.31. The van der Waals surface area contributed by atoms with Crippen LogP contribution in [-0.4, -0.2) is 44.6 Å². The van der Waals surface area contributed by atoms with Crippen LogP contribution >= 0.6 is 0 Å². The molecule has 3 aromatic rings. The molecule has 1 saturated heterocycles. The second-order valence-corrected chi connectivity index (χ2v) is 9.87. The quantitative estimate of drug-likeness (QED) is 0.625. The van der Waals surface area contributed by atoms with Crippen LogP contribution in [-0.2, 0) is 17.2 Å². The monoisotopic (exact) mass is 420 g/mol. The van der Waals surface area contributed by atoms with Gasteiger partial charge in [0, 0.05) is 40.8 Å². The zero-order chi connectivity index (χ0) is 20.7. The summed E-state index contributed by atoms with van der Waals surface area (Å²) >= 11 is 0. The maximum atomic E-state index is 13.7. The van der Waals surface area contributed by atoms with E-state index in [1.807, 2.05) is 41.3 Å². The van der Waals surface area contributed by atoms with Gasteiger partial charge in [0.15, 0.2) is 0 Å². The zero-order valence-electron chi connectivity index (χ0n) is 17.0. The third kappa shape index (κ3) is 3.49. The van der Waals surface area contributed by atoms with E-state index in [-0.39, 0.29) is 5.91 Å². The van der Waals surface area contributed by atoms with Gasteiger partial charge in [-0.25, -0.2) is 4.98 Å². The van der Waals surface area contributed by atoms with E-state index >= 15 is 0 Å². The molecule has 1 amide bonds. The standard InChI is InChI=1S/C24H24N2O3S/c1-16-13-17(15-18-5-4-10-29-18)23-20(14-16)22(19-6-2-3-7-21(19)25-23)24(27)26-8-11-30(28)12-9-26/h2-7,10,15-16H,8-9,11-14H2,1H3/b17-15-. The van der Waals surface area contributed by atoms with Gasteiger partial charge in [0.05, 0.1) is 23.0 Å². The van der Waals surface area contributed by atoms with Gasteiger partial charge >= 0.3 is 0 Å². The third-order valence-electron chi connectivity index (χ3n) is 5.96. The van der Waals surface area contributed by atoms with E-state index in [0.29, 0.717) is 30.5 Å². The Kier molecular flexibility index (Phi) is 5.03. The second kappa shape index (κ2) is 7.84. The number of hydrogen-bond donors (Lipinski definition) is 0. The number of allylic oxidation sites excluding steroid dienone is 1. The smallest absolute Gasteiger partial charge is 0.254 e. The summed E-state index contributed by atoms with van der Waals surface area (Å²) in [6.07, 6.45) is 5.44. The van der Waals surface area contributed by atoms with E-state index in [0.717, 1.165) is 51.9 Å². The normalized spacial score (nSPS) is 21.2. The molecule has 0 saturated carbocycles. The van der Waals surface area contributed by atoms with Gasteiger partial charge in [0.2, 0.25) is 0 Å². The van der Waals surface area contributed by atoms with Crippen molar-refractivity contribution in [3.05, 3.63) is 65.2 Å². The van der Waals surface area contributed by atoms with Crippen molar-refractivity contribution in [3.8, 4) is 0 Å². The number of pyridine rings is 1. The highest BCUT2D eigenvalue weighted by atomic mass is 32.2. The average Bonchev–Trinajstić information content (AvgIpc) is 3.25. The lowest BCUT2D eigenvalue weighted by molar-refractivity contribution is 0.0771. The molecule has 1 fully saturated rings. The summed E-state index contributed by atoms with van der Waals surface area (Å²) in [4.78, 5) is 20.5. The van der Waals surface area contributed by atoms with Crippen LogP contribution in [0, 0.1) is 5.92 Å². The first-order valence-corrected chi connectivity index (χ1v) is 11.9. The molecule has 1 atom stereocenters. The molecular weight excluding hydrogens is 396 g/mol. The van der Waals surface area contributed by atoms with E-state index in [1.54, 1.807) is 6.26 Å². The minimum atomic E-state index is -0.819. The Morgan fingerprint density at radius 1 is 1.17 bits per heavy atom. The number of fused-ring (bicyclic) bond motifs is 2. The number of para-hydroxylation sites is 1.